The van der Waals surface area contributed by atoms with Gasteiger partial charge in [0.15, 0.2) is 0 Å². The second kappa shape index (κ2) is 13.6. The van der Waals surface area contributed by atoms with E-state index >= 15 is 0 Å². The van der Waals surface area contributed by atoms with Crippen LogP contribution < -0.4 is 10.2 Å². The molecule has 0 spiro atoms. The lowest BCUT2D eigenvalue weighted by molar-refractivity contribution is -0.117. The number of amides is 2. The summed E-state index contributed by atoms with van der Waals surface area (Å²) < 4.78 is 2.01. The van der Waals surface area contributed by atoms with Crippen LogP contribution >= 0.6 is 0 Å². The number of rotatable bonds is 12. The van der Waals surface area contributed by atoms with Crippen molar-refractivity contribution in [3.05, 3.63) is 72.6 Å². The zero-order valence-corrected chi connectivity index (χ0v) is 24.4. The average Bonchev–Trinajstić information content (AvgIpc) is 3.41. The van der Waals surface area contributed by atoms with E-state index in [0.29, 0.717) is 6.42 Å². The number of nitrogens with zero attached hydrogens (tertiary/aromatic N) is 4. The largest absolute Gasteiger partial charge is 0.326 e. The number of carbonyl (C=O) groups excluding carboxylic acids is 2. The van der Waals surface area contributed by atoms with Crippen molar-refractivity contribution in [2.75, 3.05) is 10.2 Å². The first-order chi connectivity index (χ1) is 19.4. The fourth-order valence-corrected chi connectivity index (χ4v) is 5.94. The second-order valence-electron chi connectivity index (χ2n) is 10.9. The molecule has 0 bridgehead atoms. The zero-order valence-electron chi connectivity index (χ0n) is 24.4. The Balaban J connectivity index is 1.66. The summed E-state index contributed by atoms with van der Waals surface area (Å²) in [6.07, 6.45) is 11.3. The monoisotopic (exact) mass is 541 g/mol. The van der Waals surface area contributed by atoms with E-state index in [1.165, 1.54) is 12.8 Å². The van der Waals surface area contributed by atoms with Crippen LogP contribution in [-0.2, 0) is 16.0 Å². The molecule has 3 atom stereocenters. The first-order valence-electron chi connectivity index (χ1n) is 14.7. The van der Waals surface area contributed by atoms with Gasteiger partial charge in [0, 0.05) is 48.4 Å². The van der Waals surface area contributed by atoms with Crippen LogP contribution in [0.4, 0.5) is 11.4 Å². The van der Waals surface area contributed by atoms with E-state index in [2.05, 4.69) is 67.4 Å². The summed E-state index contributed by atoms with van der Waals surface area (Å²) in [6, 6.07) is 14.3. The molecule has 1 aromatic heterocycles. The molecule has 1 N–H and O–H groups in total. The van der Waals surface area contributed by atoms with Crippen molar-refractivity contribution in [2.24, 2.45) is 5.92 Å². The van der Waals surface area contributed by atoms with Crippen LogP contribution in [0.5, 0.6) is 0 Å². The number of unbranched alkanes of at least 4 members (excludes halogenated alkanes) is 3. The Kier molecular flexibility index (Phi) is 9.91. The molecule has 7 nitrogen and oxygen atoms in total. The Bertz CT molecular complexity index is 1310. The number of fused-ring (bicyclic) bond motifs is 1. The molecule has 0 fully saturated rings. The third-order valence-electron chi connectivity index (χ3n) is 7.99. The van der Waals surface area contributed by atoms with Gasteiger partial charge in [-0.1, -0.05) is 63.1 Å². The third-order valence-corrected chi connectivity index (χ3v) is 7.99. The topological polar surface area (TPSA) is 80.1 Å². The Hall–Kier alpha value is -3.74. The van der Waals surface area contributed by atoms with Crippen LogP contribution in [0, 0.1) is 5.92 Å². The molecule has 2 heterocycles. The van der Waals surface area contributed by atoms with Crippen molar-refractivity contribution in [3.8, 4) is 11.1 Å². The molecule has 4 rings (SSSR count). The highest BCUT2D eigenvalue weighted by Gasteiger charge is 2.41. The van der Waals surface area contributed by atoms with Gasteiger partial charge in [-0.3, -0.25) is 9.59 Å². The Labute approximate surface area is 238 Å². The van der Waals surface area contributed by atoms with Gasteiger partial charge in [0.05, 0.1) is 11.7 Å². The van der Waals surface area contributed by atoms with E-state index in [0.717, 1.165) is 65.9 Å². The van der Waals surface area contributed by atoms with Gasteiger partial charge in [0.1, 0.15) is 0 Å². The highest BCUT2D eigenvalue weighted by Crippen LogP contribution is 2.45. The molecular formula is C33H43N5O2. The van der Waals surface area contributed by atoms with E-state index in [1.54, 1.807) is 6.92 Å². The number of aryl methyl sites for hydroxylation is 1. The van der Waals surface area contributed by atoms with Gasteiger partial charge in [-0.05, 0) is 67.5 Å². The second-order valence-corrected chi connectivity index (χ2v) is 10.9. The Morgan fingerprint density at radius 2 is 1.80 bits per heavy atom. The fourth-order valence-electron chi connectivity index (χ4n) is 5.94. The molecular weight excluding hydrogens is 498 g/mol. The van der Waals surface area contributed by atoms with Crippen LogP contribution in [0.25, 0.3) is 11.1 Å². The van der Waals surface area contributed by atoms with Gasteiger partial charge in [-0.2, -0.15) is 0 Å². The minimum absolute atomic E-state index is 0.0110. The molecule has 0 aliphatic carbocycles. The van der Waals surface area contributed by atoms with E-state index < -0.39 is 0 Å². The van der Waals surface area contributed by atoms with Crippen LogP contribution in [-0.4, -0.2) is 32.9 Å². The van der Waals surface area contributed by atoms with Gasteiger partial charge in [-0.25, -0.2) is 4.68 Å². The number of anilines is 2. The molecule has 40 heavy (non-hydrogen) atoms. The molecule has 0 unspecified atom stereocenters. The minimum atomic E-state index is -0.0305. The summed E-state index contributed by atoms with van der Waals surface area (Å²) in [5.74, 6) is 0.218. The predicted octanol–water partition coefficient (Wildman–Crippen LogP) is 7.34. The summed E-state index contributed by atoms with van der Waals surface area (Å²) in [6.45, 7) is 11.9. The van der Waals surface area contributed by atoms with Gasteiger partial charge in [0.25, 0.3) is 0 Å². The lowest BCUT2D eigenvalue weighted by Crippen LogP contribution is -2.49. The lowest BCUT2D eigenvalue weighted by atomic mass is 9.80. The number of carbonyl (C=O) groups is 2. The van der Waals surface area contributed by atoms with Crippen LogP contribution in [0.2, 0.25) is 0 Å². The van der Waals surface area contributed by atoms with Crippen molar-refractivity contribution >= 4 is 23.2 Å². The summed E-state index contributed by atoms with van der Waals surface area (Å²) in [5.41, 5.74) is 5.92. The molecule has 0 saturated heterocycles. The lowest BCUT2D eigenvalue weighted by Gasteiger charge is -2.44. The molecule has 1 aliphatic heterocycles. The summed E-state index contributed by atoms with van der Waals surface area (Å²) in [7, 11) is 0. The first-order valence-corrected chi connectivity index (χ1v) is 14.7. The highest BCUT2D eigenvalue weighted by molar-refractivity contribution is 5.94. The number of hydrogen-bond donors (Lipinski definition) is 1. The van der Waals surface area contributed by atoms with Crippen molar-refractivity contribution in [1.82, 2.24) is 15.0 Å². The SMILES string of the molecule is C=CCCCC(=O)Nc1ccc(-c2ccc3c(c2)[C@H](n2cc(CCCCC)nn2)[C@@H](C)[C@@H](CC)N3C(C)=O)cc1. The average molecular weight is 542 g/mol. The maximum atomic E-state index is 12.9. The molecule has 0 radical (unpaired) electrons. The van der Waals surface area contributed by atoms with Crippen molar-refractivity contribution in [2.45, 2.75) is 91.1 Å². The van der Waals surface area contributed by atoms with Crippen LogP contribution in [0.1, 0.15) is 89.9 Å². The fraction of sp³-hybridized carbons (Fsp3) is 0.455. The Morgan fingerprint density at radius 3 is 2.48 bits per heavy atom. The molecule has 0 saturated carbocycles. The minimum Gasteiger partial charge on any atom is -0.326 e. The van der Waals surface area contributed by atoms with Gasteiger partial charge < -0.3 is 10.2 Å². The zero-order chi connectivity index (χ0) is 28.6. The van der Waals surface area contributed by atoms with Crippen molar-refractivity contribution in [3.63, 3.8) is 0 Å². The van der Waals surface area contributed by atoms with E-state index in [-0.39, 0.29) is 29.8 Å². The van der Waals surface area contributed by atoms with Crippen LogP contribution in [0.3, 0.4) is 0 Å². The maximum Gasteiger partial charge on any atom is 0.224 e. The summed E-state index contributed by atoms with van der Waals surface area (Å²) in [5, 5.41) is 12.1. The molecule has 2 amide bonds. The van der Waals surface area contributed by atoms with Gasteiger partial charge >= 0.3 is 0 Å². The highest BCUT2D eigenvalue weighted by atomic mass is 16.2. The molecule has 7 heteroatoms. The summed E-state index contributed by atoms with van der Waals surface area (Å²) >= 11 is 0. The molecule has 2 aromatic carbocycles. The van der Waals surface area contributed by atoms with E-state index in [4.69, 9.17) is 0 Å². The van der Waals surface area contributed by atoms with Gasteiger partial charge in [-0.15, -0.1) is 11.7 Å². The van der Waals surface area contributed by atoms with Crippen molar-refractivity contribution in [1.29, 1.82) is 0 Å². The smallest absolute Gasteiger partial charge is 0.224 e. The van der Waals surface area contributed by atoms with Crippen LogP contribution in [0.15, 0.2) is 61.3 Å². The van der Waals surface area contributed by atoms with Gasteiger partial charge in [0.2, 0.25) is 11.8 Å². The number of benzene rings is 2. The third kappa shape index (κ3) is 6.52. The standard InChI is InChI=1S/C33H43N5O2/c1-6-9-11-13-28-22-37(36-35-28)33-23(4)30(8-3)38(24(5)39)31-20-17-26(21-29(31)33)25-15-18-27(19-16-25)34-32(40)14-12-10-7-2/h7,15-23,30,33H,2,6,8-14H2,1,3-5H3,(H,34,40)/t23-,30+,33+/m0/s1. The quantitative estimate of drug-likeness (QED) is 0.192. The summed E-state index contributed by atoms with van der Waals surface area (Å²) in [4.78, 5) is 27.1. The van der Waals surface area contributed by atoms with Crippen molar-refractivity contribution < 1.29 is 9.59 Å². The molecule has 3 aromatic rings. The van der Waals surface area contributed by atoms with E-state index in [1.807, 2.05) is 39.9 Å². The maximum absolute atomic E-state index is 12.9. The first kappa shape index (κ1) is 29.2. The molecule has 212 valence electrons. The number of nitrogens with one attached hydrogen (secondary N) is 1. The Morgan fingerprint density at radius 1 is 1.05 bits per heavy atom. The predicted molar refractivity (Wildman–Crippen MR) is 162 cm³/mol. The van der Waals surface area contributed by atoms with E-state index in [9.17, 15) is 9.59 Å². The number of hydrogen-bond acceptors (Lipinski definition) is 4. The normalized spacial score (nSPS) is 18.3. The number of allylic oxidation sites excluding steroid dienone is 1. The number of aromatic nitrogens is 3. The molecule has 1 aliphatic rings.